The molecule has 2 aliphatic heterocycles. The van der Waals surface area contributed by atoms with E-state index in [0.29, 0.717) is 6.42 Å². The molecule has 0 fully saturated rings. The maximum absolute atomic E-state index is 7.20. The molecule has 342 valence electrons. The van der Waals surface area contributed by atoms with Gasteiger partial charge in [-0.05, 0) is 145 Å². The Morgan fingerprint density at radius 1 is 0.514 bits per heavy atom. The van der Waals surface area contributed by atoms with Crippen molar-refractivity contribution >= 4 is 101 Å². The summed E-state index contributed by atoms with van der Waals surface area (Å²) < 4.78 is 14.4. The van der Waals surface area contributed by atoms with Crippen LogP contribution in [0.25, 0.3) is 82.5 Å². The lowest BCUT2D eigenvalue weighted by Gasteiger charge is -2.45. The van der Waals surface area contributed by atoms with Crippen LogP contribution in [0.5, 0.6) is 0 Å². The van der Waals surface area contributed by atoms with Gasteiger partial charge in [-0.1, -0.05) is 161 Å². The second kappa shape index (κ2) is 15.0. The van der Waals surface area contributed by atoms with Gasteiger partial charge in [0.05, 0.1) is 11.4 Å². The van der Waals surface area contributed by atoms with Crippen LogP contribution in [-0.4, -0.2) is 6.85 Å². The Kier molecular flexibility index (Phi) is 8.63. The fourth-order valence-electron chi connectivity index (χ4n) is 12.7. The van der Waals surface area contributed by atoms with E-state index in [2.05, 4.69) is 237 Å². The maximum Gasteiger partial charge on any atom is 0.333 e. The second-order valence-electron chi connectivity index (χ2n) is 21.7. The molecule has 0 N–H and O–H groups in total. The van der Waals surface area contributed by atoms with Crippen LogP contribution in [0.4, 0.5) is 22.7 Å². The fourth-order valence-corrected chi connectivity index (χ4v) is 12.7. The first-order valence-corrected chi connectivity index (χ1v) is 25.4. The molecule has 0 spiro atoms. The Hall–Kier alpha value is -8.46. The minimum Gasteiger partial charge on any atom is -0.456 e. The highest BCUT2D eigenvalue weighted by Crippen LogP contribution is 2.53. The molecular formula is C67H49BN2O2. The van der Waals surface area contributed by atoms with Crippen molar-refractivity contribution < 1.29 is 8.83 Å². The lowest BCUT2D eigenvalue weighted by atomic mass is 9.43. The monoisotopic (exact) mass is 924 g/mol. The van der Waals surface area contributed by atoms with E-state index in [9.17, 15) is 0 Å². The molecule has 72 heavy (non-hydrogen) atoms. The Balaban J connectivity index is 1.08. The van der Waals surface area contributed by atoms with Gasteiger partial charge in [0.15, 0.2) is 5.58 Å². The summed E-state index contributed by atoms with van der Waals surface area (Å²) in [4.78, 5) is 5.02. The molecule has 15 rings (SSSR count). The number of benzene rings is 9. The van der Waals surface area contributed by atoms with E-state index in [1.807, 2.05) is 0 Å². The lowest BCUT2D eigenvalue weighted by molar-refractivity contribution is 0.332. The number of hydrogen-bond donors (Lipinski definition) is 0. The molecule has 0 bridgehead atoms. The largest absolute Gasteiger partial charge is 0.456 e. The summed E-state index contributed by atoms with van der Waals surface area (Å²) in [5.41, 5.74) is 21.0. The average molecular weight is 925 g/mol. The molecule has 5 heteroatoms. The minimum absolute atomic E-state index is 0.0365. The van der Waals surface area contributed by atoms with E-state index < -0.39 is 0 Å². The van der Waals surface area contributed by atoms with E-state index >= 15 is 0 Å². The Morgan fingerprint density at radius 2 is 1.17 bits per heavy atom. The van der Waals surface area contributed by atoms with Crippen molar-refractivity contribution in [2.45, 2.75) is 57.8 Å². The predicted molar refractivity (Wildman–Crippen MR) is 302 cm³/mol. The topological polar surface area (TPSA) is 32.8 Å². The number of rotatable bonds is 4. The lowest BCUT2D eigenvalue weighted by Crippen LogP contribution is -2.62. The van der Waals surface area contributed by atoms with E-state index in [1.165, 1.54) is 66.2 Å². The summed E-state index contributed by atoms with van der Waals surface area (Å²) in [5, 5.41) is 6.85. The highest BCUT2D eigenvalue weighted by atomic mass is 16.3. The van der Waals surface area contributed by atoms with Gasteiger partial charge in [-0.25, -0.2) is 0 Å². The van der Waals surface area contributed by atoms with Crippen LogP contribution in [0.3, 0.4) is 0 Å². The minimum atomic E-state index is -0.271. The third-order valence-electron chi connectivity index (χ3n) is 16.6. The second-order valence-corrected chi connectivity index (χ2v) is 21.7. The smallest absolute Gasteiger partial charge is 0.333 e. The van der Waals surface area contributed by atoms with Crippen molar-refractivity contribution in [3.63, 3.8) is 0 Å². The first-order chi connectivity index (χ1) is 35.2. The average Bonchev–Trinajstić information content (AvgIpc) is 3.86. The quantitative estimate of drug-likeness (QED) is 0.130. The molecule has 0 unspecified atom stereocenters. The van der Waals surface area contributed by atoms with Crippen LogP contribution in [0.15, 0.2) is 203 Å². The van der Waals surface area contributed by atoms with E-state index in [4.69, 9.17) is 8.83 Å². The highest BCUT2D eigenvalue weighted by Gasteiger charge is 2.48. The number of para-hydroxylation sites is 1. The van der Waals surface area contributed by atoms with Gasteiger partial charge < -0.3 is 18.5 Å². The summed E-state index contributed by atoms with van der Waals surface area (Å²) in [5.74, 6) is 7.37. The van der Waals surface area contributed by atoms with Gasteiger partial charge in [0.1, 0.15) is 16.7 Å². The summed E-state index contributed by atoms with van der Waals surface area (Å²) >= 11 is 0. The van der Waals surface area contributed by atoms with Crippen molar-refractivity contribution in [2.24, 2.45) is 0 Å². The molecule has 0 saturated heterocycles. The number of hydrogen-bond acceptors (Lipinski definition) is 4. The fraction of sp³-hybridized carbons (Fsp3) is 0.134. The maximum atomic E-state index is 7.20. The molecule has 2 aromatic heterocycles. The third kappa shape index (κ3) is 6.02. The van der Waals surface area contributed by atoms with Crippen LogP contribution >= 0.6 is 0 Å². The molecule has 4 aliphatic rings. The number of anilines is 4. The van der Waals surface area contributed by atoms with Gasteiger partial charge in [0.25, 0.3) is 0 Å². The molecule has 11 aromatic rings. The van der Waals surface area contributed by atoms with Gasteiger partial charge in [0.2, 0.25) is 0 Å². The van der Waals surface area contributed by atoms with Gasteiger partial charge >= 0.3 is 6.85 Å². The number of fused-ring (bicyclic) bond motifs is 13. The molecule has 0 amide bonds. The van der Waals surface area contributed by atoms with Gasteiger partial charge in [-0.3, -0.25) is 0 Å². The summed E-state index contributed by atoms with van der Waals surface area (Å²) in [7, 11) is 0. The first kappa shape index (κ1) is 41.3. The Labute approximate surface area is 419 Å². The Morgan fingerprint density at radius 3 is 1.94 bits per heavy atom. The normalized spacial score (nSPS) is 16.2. The zero-order chi connectivity index (χ0) is 48.0. The van der Waals surface area contributed by atoms with Crippen molar-refractivity contribution in [3.8, 4) is 34.1 Å². The number of allylic oxidation sites excluding steroid dienone is 4. The van der Waals surface area contributed by atoms with Crippen LogP contribution in [0.2, 0.25) is 0 Å². The SMILES string of the molecule is CC1(C)CCC(C)(C)c2cc3c(cc21)oc1cc2c(cc13)B1c3c(cc4c(oc5ccccc54)c3N2C2=CC=C(c3ccccc3)CC#C2)-c2cc3ccccc3cc2N1c1ccc(-c2ccccc2)cc1. The molecule has 0 saturated carbocycles. The summed E-state index contributed by atoms with van der Waals surface area (Å²) in [6.45, 7) is 9.34. The predicted octanol–water partition coefficient (Wildman–Crippen LogP) is 16.4. The van der Waals surface area contributed by atoms with Crippen LogP contribution in [0.1, 0.15) is 63.6 Å². The first-order valence-electron chi connectivity index (χ1n) is 25.4. The van der Waals surface area contributed by atoms with E-state index in [1.54, 1.807) is 0 Å². The summed E-state index contributed by atoms with van der Waals surface area (Å²) in [6, 6.07) is 64.6. The van der Waals surface area contributed by atoms with Gasteiger partial charge in [0, 0.05) is 56.7 Å². The van der Waals surface area contributed by atoms with E-state index in [-0.39, 0.29) is 17.7 Å². The van der Waals surface area contributed by atoms with Crippen molar-refractivity contribution in [1.29, 1.82) is 0 Å². The van der Waals surface area contributed by atoms with E-state index in [0.717, 1.165) is 85.2 Å². The summed E-state index contributed by atoms with van der Waals surface area (Å²) in [6.07, 6.45) is 7.39. The van der Waals surface area contributed by atoms with Gasteiger partial charge in [-0.15, -0.1) is 0 Å². The molecule has 9 aromatic carbocycles. The van der Waals surface area contributed by atoms with Crippen LogP contribution < -0.4 is 20.6 Å². The zero-order valence-corrected chi connectivity index (χ0v) is 40.8. The van der Waals surface area contributed by atoms with Crippen LogP contribution in [-0.2, 0) is 10.8 Å². The molecule has 0 atom stereocenters. The standard InChI is InChI=1S/C67H49BN2O2/c1-66(2)32-33-67(3,4)56-39-61-51(37-55(56)66)52-38-57-59(40-62(52)71-61)69(47-23-15-22-43(26-29-47)41-16-7-5-8-17-41)64-63-53(36-54-49-24-13-14-25-60(49)72-65(54)64)50-34-45-20-11-12-21-46(45)35-58(50)70(68(57)63)48-30-27-44(28-31-48)42-18-9-6-10-19-42/h5-14,16-21,24-31,34-40H,22,32-33H2,1-4H3. The molecule has 0 radical (unpaired) electrons. The van der Waals surface area contributed by atoms with Gasteiger partial charge in [-0.2, -0.15) is 0 Å². The van der Waals surface area contributed by atoms with Crippen LogP contribution in [0, 0.1) is 11.8 Å². The Bertz CT molecular complexity index is 4260. The van der Waals surface area contributed by atoms with Crippen molar-refractivity contribution in [2.75, 3.05) is 9.71 Å². The highest BCUT2D eigenvalue weighted by molar-refractivity contribution is 6.94. The zero-order valence-electron chi connectivity index (χ0n) is 40.8. The molecule has 4 heterocycles. The third-order valence-corrected chi connectivity index (χ3v) is 16.6. The molecule has 4 nitrogen and oxygen atoms in total. The number of furan rings is 2. The molecular weight excluding hydrogens is 876 g/mol. The number of nitrogens with zero attached hydrogens (tertiary/aromatic N) is 2. The van der Waals surface area contributed by atoms with Crippen molar-refractivity contribution in [3.05, 3.63) is 210 Å². The molecule has 2 aliphatic carbocycles. The van der Waals surface area contributed by atoms with Crippen molar-refractivity contribution in [1.82, 2.24) is 0 Å².